The fraction of sp³-hybridized carbons (Fsp3) is 0.533. The van der Waals surface area contributed by atoms with Crippen LogP contribution in [0, 0.1) is 0 Å². The zero-order chi connectivity index (χ0) is 13.5. The van der Waals surface area contributed by atoms with Crippen molar-refractivity contribution in [1.82, 2.24) is 10.6 Å². The van der Waals surface area contributed by atoms with Gasteiger partial charge in [0.2, 0.25) is 5.91 Å². The summed E-state index contributed by atoms with van der Waals surface area (Å²) in [4.78, 5) is 11.7. The van der Waals surface area contributed by atoms with Crippen LogP contribution in [0.5, 0.6) is 0 Å². The van der Waals surface area contributed by atoms with E-state index in [4.69, 9.17) is 5.73 Å². The van der Waals surface area contributed by atoms with Gasteiger partial charge in [0, 0.05) is 18.6 Å². The van der Waals surface area contributed by atoms with E-state index in [0.29, 0.717) is 25.2 Å². The van der Waals surface area contributed by atoms with Gasteiger partial charge in [0.15, 0.2) is 0 Å². The molecule has 0 aliphatic heterocycles. The summed E-state index contributed by atoms with van der Waals surface area (Å²) in [6.45, 7) is 0.990. The molecular weight excluding hydrogens is 238 g/mol. The molecule has 1 aromatic rings. The van der Waals surface area contributed by atoms with E-state index >= 15 is 0 Å². The summed E-state index contributed by atoms with van der Waals surface area (Å²) in [5.74, 6) is 0.0544. The van der Waals surface area contributed by atoms with Gasteiger partial charge in [-0.3, -0.25) is 4.79 Å². The third-order valence-corrected chi connectivity index (χ3v) is 3.66. The molecule has 1 saturated carbocycles. The quantitative estimate of drug-likeness (QED) is 0.745. The predicted octanol–water partition coefficient (Wildman–Crippen LogP) is 1.16. The fourth-order valence-corrected chi connectivity index (χ4v) is 2.42. The van der Waals surface area contributed by atoms with Crippen LogP contribution in [0.15, 0.2) is 30.3 Å². The molecule has 0 aromatic heterocycles. The highest BCUT2D eigenvalue weighted by Gasteiger charge is 2.18. The Morgan fingerprint density at radius 1 is 1.16 bits per heavy atom. The van der Waals surface area contributed by atoms with Gasteiger partial charge in [0.25, 0.3) is 0 Å². The molecule has 0 unspecified atom stereocenters. The van der Waals surface area contributed by atoms with Crippen molar-refractivity contribution in [1.29, 1.82) is 0 Å². The van der Waals surface area contributed by atoms with Crippen molar-refractivity contribution in [2.24, 2.45) is 5.73 Å². The van der Waals surface area contributed by atoms with Crippen molar-refractivity contribution in [2.75, 3.05) is 6.54 Å². The van der Waals surface area contributed by atoms with Crippen molar-refractivity contribution in [3.05, 3.63) is 35.9 Å². The Labute approximate surface area is 114 Å². The van der Waals surface area contributed by atoms with Gasteiger partial charge in [-0.1, -0.05) is 30.3 Å². The van der Waals surface area contributed by atoms with E-state index in [0.717, 1.165) is 31.2 Å². The summed E-state index contributed by atoms with van der Waals surface area (Å²) in [5.41, 5.74) is 6.98. The van der Waals surface area contributed by atoms with E-state index in [2.05, 4.69) is 10.6 Å². The zero-order valence-corrected chi connectivity index (χ0v) is 11.3. The summed E-state index contributed by atoms with van der Waals surface area (Å²) in [6, 6.07) is 10.7. The molecule has 0 spiro atoms. The summed E-state index contributed by atoms with van der Waals surface area (Å²) >= 11 is 0. The Bertz CT molecular complexity index is 386. The topological polar surface area (TPSA) is 67.1 Å². The van der Waals surface area contributed by atoms with Gasteiger partial charge >= 0.3 is 0 Å². The summed E-state index contributed by atoms with van der Waals surface area (Å²) in [6.07, 6.45) is 4.27. The maximum absolute atomic E-state index is 11.7. The van der Waals surface area contributed by atoms with Crippen LogP contribution in [0.25, 0.3) is 0 Å². The molecule has 1 aliphatic carbocycles. The highest BCUT2D eigenvalue weighted by molar-refractivity contribution is 5.78. The van der Waals surface area contributed by atoms with E-state index in [1.807, 2.05) is 30.3 Å². The number of hydrogen-bond donors (Lipinski definition) is 3. The van der Waals surface area contributed by atoms with E-state index < -0.39 is 0 Å². The number of nitrogens with two attached hydrogens (primary N) is 1. The Kier molecular flexibility index (Phi) is 5.36. The third kappa shape index (κ3) is 5.01. The molecule has 4 nitrogen and oxygen atoms in total. The number of benzene rings is 1. The van der Waals surface area contributed by atoms with Gasteiger partial charge in [-0.2, -0.15) is 0 Å². The third-order valence-electron chi connectivity index (χ3n) is 3.66. The van der Waals surface area contributed by atoms with E-state index in [9.17, 15) is 4.79 Å². The van der Waals surface area contributed by atoms with Crippen LogP contribution < -0.4 is 16.4 Å². The molecule has 1 fully saturated rings. The van der Waals surface area contributed by atoms with Crippen LogP contribution in [-0.4, -0.2) is 24.5 Å². The van der Waals surface area contributed by atoms with E-state index in [1.54, 1.807) is 0 Å². The van der Waals surface area contributed by atoms with Crippen molar-refractivity contribution in [3.63, 3.8) is 0 Å². The molecule has 0 atom stereocenters. The van der Waals surface area contributed by atoms with Crippen molar-refractivity contribution < 1.29 is 4.79 Å². The maximum atomic E-state index is 11.7. The van der Waals surface area contributed by atoms with Crippen molar-refractivity contribution >= 4 is 5.91 Å². The van der Waals surface area contributed by atoms with Gasteiger partial charge in [-0.05, 0) is 31.2 Å². The average Bonchev–Trinajstić information content (AvgIpc) is 2.45. The maximum Gasteiger partial charge on any atom is 0.234 e. The number of nitrogens with one attached hydrogen (secondary N) is 2. The van der Waals surface area contributed by atoms with Crippen molar-refractivity contribution in [3.8, 4) is 0 Å². The normalized spacial score (nSPS) is 23.0. The lowest BCUT2D eigenvalue weighted by Gasteiger charge is -2.26. The minimum absolute atomic E-state index is 0.0544. The molecule has 0 heterocycles. The highest BCUT2D eigenvalue weighted by atomic mass is 16.1. The molecule has 4 N–H and O–H groups in total. The van der Waals surface area contributed by atoms with Crippen LogP contribution in [0.2, 0.25) is 0 Å². The van der Waals surface area contributed by atoms with Gasteiger partial charge in [0.1, 0.15) is 0 Å². The van der Waals surface area contributed by atoms with Gasteiger partial charge < -0.3 is 16.4 Å². The number of rotatable bonds is 5. The smallest absolute Gasteiger partial charge is 0.234 e. The number of carbonyl (C=O) groups is 1. The van der Waals surface area contributed by atoms with E-state index in [1.165, 1.54) is 0 Å². The zero-order valence-electron chi connectivity index (χ0n) is 11.3. The molecular formula is C15H23N3O. The van der Waals surface area contributed by atoms with Gasteiger partial charge in [-0.15, -0.1) is 0 Å². The highest BCUT2D eigenvalue weighted by Crippen LogP contribution is 2.16. The SMILES string of the molecule is NC1CCC(NCC(=O)NCc2ccccc2)CC1. The van der Waals surface area contributed by atoms with Crippen LogP contribution >= 0.6 is 0 Å². The van der Waals surface area contributed by atoms with E-state index in [-0.39, 0.29) is 5.91 Å². The number of hydrogen-bond acceptors (Lipinski definition) is 3. The fourth-order valence-electron chi connectivity index (χ4n) is 2.42. The summed E-state index contributed by atoms with van der Waals surface area (Å²) < 4.78 is 0. The second kappa shape index (κ2) is 7.26. The predicted molar refractivity (Wildman–Crippen MR) is 76.5 cm³/mol. The Morgan fingerprint density at radius 2 is 1.84 bits per heavy atom. The minimum Gasteiger partial charge on any atom is -0.351 e. The molecule has 0 saturated heterocycles. The first-order valence-corrected chi connectivity index (χ1v) is 7.03. The first-order valence-electron chi connectivity index (χ1n) is 7.03. The van der Waals surface area contributed by atoms with Crippen LogP contribution in [0.1, 0.15) is 31.2 Å². The molecule has 19 heavy (non-hydrogen) atoms. The summed E-state index contributed by atoms with van der Waals surface area (Å²) in [5, 5.41) is 6.23. The van der Waals surface area contributed by atoms with Crippen LogP contribution in [0.4, 0.5) is 0 Å². The Hall–Kier alpha value is -1.39. The van der Waals surface area contributed by atoms with Crippen LogP contribution in [-0.2, 0) is 11.3 Å². The summed E-state index contributed by atoms with van der Waals surface area (Å²) in [7, 11) is 0. The molecule has 1 amide bonds. The van der Waals surface area contributed by atoms with Crippen LogP contribution in [0.3, 0.4) is 0 Å². The Balaban J connectivity index is 1.62. The van der Waals surface area contributed by atoms with Gasteiger partial charge in [-0.25, -0.2) is 0 Å². The molecule has 1 aromatic carbocycles. The van der Waals surface area contributed by atoms with Gasteiger partial charge in [0.05, 0.1) is 6.54 Å². The lowest BCUT2D eigenvalue weighted by atomic mass is 9.92. The molecule has 2 rings (SSSR count). The monoisotopic (exact) mass is 261 g/mol. The van der Waals surface area contributed by atoms with Crippen molar-refractivity contribution in [2.45, 2.75) is 44.3 Å². The average molecular weight is 261 g/mol. The first kappa shape index (κ1) is 14.0. The molecule has 0 bridgehead atoms. The molecule has 1 aliphatic rings. The molecule has 0 radical (unpaired) electrons. The standard InChI is InChI=1S/C15H23N3O/c16-13-6-8-14(9-7-13)17-11-15(19)18-10-12-4-2-1-3-5-12/h1-5,13-14,17H,6-11,16H2,(H,18,19). The minimum atomic E-state index is 0.0544. The largest absolute Gasteiger partial charge is 0.351 e. The second-order valence-electron chi connectivity index (χ2n) is 5.25. The number of carbonyl (C=O) groups excluding carboxylic acids is 1. The first-order chi connectivity index (χ1) is 9.24. The number of amides is 1. The molecule has 4 heteroatoms. The molecule has 104 valence electrons. The lowest BCUT2D eigenvalue weighted by Crippen LogP contribution is -2.42. The second-order valence-corrected chi connectivity index (χ2v) is 5.25. The Morgan fingerprint density at radius 3 is 2.53 bits per heavy atom. The lowest BCUT2D eigenvalue weighted by molar-refractivity contribution is -0.120.